The highest BCUT2D eigenvalue weighted by atomic mass is 19.1. The average Bonchev–Trinajstić information content (AvgIpc) is 3.02. The summed E-state index contributed by atoms with van der Waals surface area (Å²) in [6.45, 7) is 0.180. The van der Waals surface area contributed by atoms with E-state index in [0.29, 0.717) is 18.0 Å². The summed E-state index contributed by atoms with van der Waals surface area (Å²) in [4.78, 5) is 14.7. The average molecular weight is 328 g/mol. The van der Waals surface area contributed by atoms with Gasteiger partial charge in [0.05, 0.1) is 16.8 Å². The van der Waals surface area contributed by atoms with Gasteiger partial charge in [-0.15, -0.1) is 0 Å². The standard InChI is InChI=1S/C17H13FN2O4/c18-14-4-1-11(2-5-14)7-15-13(10-24-20-15)9-23-16-6-3-12(8-19-16)17(21)22/h1-6,8,10H,7,9H2,(H,21,22). The van der Waals surface area contributed by atoms with E-state index in [1.165, 1.54) is 36.7 Å². The molecule has 0 aliphatic rings. The van der Waals surface area contributed by atoms with Crippen LogP contribution in [0, 0.1) is 5.82 Å². The molecule has 0 saturated heterocycles. The van der Waals surface area contributed by atoms with E-state index in [1.807, 2.05) is 0 Å². The van der Waals surface area contributed by atoms with Gasteiger partial charge in [0.1, 0.15) is 18.7 Å². The van der Waals surface area contributed by atoms with Gasteiger partial charge in [0.2, 0.25) is 5.88 Å². The second-order valence-corrected chi connectivity index (χ2v) is 5.07. The van der Waals surface area contributed by atoms with Crippen LogP contribution < -0.4 is 4.74 Å². The molecule has 0 radical (unpaired) electrons. The molecule has 2 heterocycles. The molecule has 0 saturated carbocycles. The second-order valence-electron chi connectivity index (χ2n) is 5.07. The first-order valence-corrected chi connectivity index (χ1v) is 7.10. The molecule has 0 aliphatic carbocycles. The summed E-state index contributed by atoms with van der Waals surface area (Å²) in [6, 6.07) is 9.04. The maximum absolute atomic E-state index is 12.9. The number of ether oxygens (including phenoxy) is 1. The maximum Gasteiger partial charge on any atom is 0.337 e. The van der Waals surface area contributed by atoms with Gasteiger partial charge in [-0.25, -0.2) is 14.2 Å². The highest BCUT2D eigenvalue weighted by Gasteiger charge is 2.11. The van der Waals surface area contributed by atoms with Crippen molar-refractivity contribution in [3.05, 3.63) is 77.1 Å². The van der Waals surface area contributed by atoms with Crippen molar-refractivity contribution < 1.29 is 23.6 Å². The van der Waals surface area contributed by atoms with Crippen molar-refractivity contribution in [2.24, 2.45) is 0 Å². The van der Waals surface area contributed by atoms with Crippen molar-refractivity contribution in [2.45, 2.75) is 13.0 Å². The summed E-state index contributed by atoms with van der Waals surface area (Å²) >= 11 is 0. The van der Waals surface area contributed by atoms with Crippen molar-refractivity contribution >= 4 is 5.97 Å². The fourth-order valence-corrected chi connectivity index (χ4v) is 2.08. The fraction of sp³-hybridized carbons (Fsp3) is 0.118. The van der Waals surface area contributed by atoms with Crippen molar-refractivity contribution in [1.29, 1.82) is 0 Å². The van der Waals surface area contributed by atoms with E-state index in [9.17, 15) is 9.18 Å². The molecule has 3 aromatic rings. The van der Waals surface area contributed by atoms with Crippen LogP contribution in [0.15, 0.2) is 53.4 Å². The van der Waals surface area contributed by atoms with E-state index in [1.54, 1.807) is 12.1 Å². The van der Waals surface area contributed by atoms with Crippen LogP contribution in [0.1, 0.15) is 27.2 Å². The van der Waals surface area contributed by atoms with E-state index < -0.39 is 5.97 Å². The quantitative estimate of drug-likeness (QED) is 0.748. The third-order valence-corrected chi connectivity index (χ3v) is 3.37. The number of halogens is 1. The smallest absolute Gasteiger partial charge is 0.337 e. The predicted octanol–water partition coefficient (Wildman–Crippen LogP) is 3.08. The number of hydrogen-bond acceptors (Lipinski definition) is 5. The summed E-state index contributed by atoms with van der Waals surface area (Å²) < 4.78 is 23.4. The number of aromatic carboxylic acids is 1. The number of aromatic nitrogens is 2. The molecular weight excluding hydrogens is 315 g/mol. The molecule has 122 valence electrons. The lowest BCUT2D eigenvalue weighted by atomic mass is 10.1. The molecule has 0 aliphatic heterocycles. The molecule has 0 bridgehead atoms. The summed E-state index contributed by atoms with van der Waals surface area (Å²) in [7, 11) is 0. The number of carboxylic acid groups (broad SMARTS) is 1. The topological polar surface area (TPSA) is 85.5 Å². The Balaban J connectivity index is 1.65. The molecule has 0 fully saturated rings. The molecule has 0 unspecified atom stereocenters. The summed E-state index contributed by atoms with van der Waals surface area (Å²) in [6.07, 6.45) is 3.19. The lowest BCUT2D eigenvalue weighted by Crippen LogP contribution is -2.02. The molecule has 2 aromatic heterocycles. The van der Waals surface area contributed by atoms with Crippen LogP contribution in [0.4, 0.5) is 4.39 Å². The Bertz CT molecular complexity index is 829. The lowest BCUT2D eigenvalue weighted by molar-refractivity contribution is 0.0696. The van der Waals surface area contributed by atoms with Gasteiger partial charge in [0, 0.05) is 18.7 Å². The highest BCUT2D eigenvalue weighted by molar-refractivity contribution is 5.87. The van der Waals surface area contributed by atoms with Crippen molar-refractivity contribution in [1.82, 2.24) is 10.1 Å². The van der Waals surface area contributed by atoms with Crippen LogP contribution >= 0.6 is 0 Å². The zero-order chi connectivity index (χ0) is 16.9. The minimum absolute atomic E-state index is 0.0873. The fourth-order valence-electron chi connectivity index (χ4n) is 2.08. The zero-order valence-corrected chi connectivity index (χ0v) is 12.5. The molecule has 7 heteroatoms. The Labute approximate surface area is 136 Å². The van der Waals surface area contributed by atoms with Gasteiger partial charge in [-0.1, -0.05) is 17.3 Å². The molecule has 1 aromatic carbocycles. The predicted molar refractivity (Wildman–Crippen MR) is 81.2 cm³/mol. The van der Waals surface area contributed by atoms with Crippen LogP contribution in [-0.4, -0.2) is 21.2 Å². The third kappa shape index (κ3) is 3.75. The lowest BCUT2D eigenvalue weighted by Gasteiger charge is -2.05. The van der Waals surface area contributed by atoms with E-state index in [0.717, 1.165) is 11.1 Å². The van der Waals surface area contributed by atoms with Crippen molar-refractivity contribution in [3.8, 4) is 5.88 Å². The Hall–Kier alpha value is -3.22. The van der Waals surface area contributed by atoms with Gasteiger partial charge in [0.15, 0.2) is 0 Å². The van der Waals surface area contributed by atoms with Gasteiger partial charge < -0.3 is 14.4 Å². The molecule has 3 rings (SSSR count). The zero-order valence-electron chi connectivity index (χ0n) is 12.5. The van der Waals surface area contributed by atoms with Gasteiger partial charge in [-0.2, -0.15) is 0 Å². The van der Waals surface area contributed by atoms with Crippen molar-refractivity contribution in [2.75, 3.05) is 0 Å². The molecule has 0 spiro atoms. The molecule has 0 atom stereocenters. The van der Waals surface area contributed by atoms with Gasteiger partial charge in [-0.05, 0) is 23.8 Å². The Morgan fingerprint density at radius 3 is 2.67 bits per heavy atom. The first-order valence-electron chi connectivity index (χ1n) is 7.10. The van der Waals surface area contributed by atoms with Crippen LogP contribution in [0.5, 0.6) is 5.88 Å². The number of benzene rings is 1. The maximum atomic E-state index is 12.9. The SMILES string of the molecule is O=C(O)c1ccc(OCc2conc2Cc2ccc(F)cc2)nc1. The minimum Gasteiger partial charge on any atom is -0.478 e. The third-order valence-electron chi connectivity index (χ3n) is 3.37. The number of nitrogens with zero attached hydrogens (tertiary/aromatic N) is 2. The number of rotatable bonds is 6. The van der Waals surface area contributed by atoms with Crippen LogP contribution in [0.3, 0.4) is 0 Å². The first kappa shape index (κ1) is 15.7. The number of carboxylic acids is 1. The van der Waals surface area contributed by atoms with Crippen LogP contribution in [0.25, 0.3) is 0 Å². The minimum atomic E-state index is -1.05. The number of pyridine rings is 1. The Kier molecular flexibility index (Phi) is 4.51. The van der Waals surface area contributed by atoms with E-state index in [2.05, 4.69) is 10.1 Å². The Morgan fingerprint density at radius 1 is 1.21 bits per heavy atom. The normalized spacial score (nSPS) is 10.5. The van der Waals surface area contributed by atoms with Crippen LogP contribution in [-0.2, 0) is 13.0 Å². The molecule has 6 nitrogen and oxygen atoms in total. The molecular formula is C17H13FN2O4. The van der Waals surface area contributed by atoms with Gasteiger partial charge in [-0.3, -0.25) is 0 Å². The van der Waals surface area contributed by atoms with E-state index in [4.69, 9.17) is 14.4 Å². The van der Waals surface area contributed by atoms with Gasteiger partial charge >= 0.3 is 5.97 Å². The van der Waals surface area contributed by atoms with Crippen LogP contribution in [0.2, 0.25) is 0 Å². The Morgan fingerprint density at radius 2 is 2.00 bits per heavy atom. The highest BCUT2D eigenvalue weighted by Crippen LogP contribution is 2.16. The van der Waals surface area contributed by atoms with Gasteiger partial charge in [0.25, 0.3) is 0 Å². The second kappa shape index (κ2) is 6.91. The van der Waals surface area contributed by atoms with E-state index >= 15 is 0 Å². The molecule has 24 heavy (non-hydrogen) atoms. The molecule has 0 amide bonds. The summed E-state index contributed by atoms with van der Waals surface area (Å²) in [5.41, 5.74) is 2.41. The number of hydrogen-bond donors (Lipinski definition) is 1. The van der Waals surface area contributed by atoms with E-state index in [-0.39, 0.29) is 18.0 Å². The largest absolute Gasteiger partial charge is 0.478 e. The van der Waals surface area contributed by atoms with Crippen molar-refractivity contribution in [3.63, 3.8) is 0 Å². The molecule has 1 N–H and O–H groups in total. The number of carbonyl (C=O) groups is 1. The first-order chi connectivity index (χ1) is 11.6. The summed E-state index contributed by atoms with van der Waals surface area (Å²) in [5.74, 6) is -1.04. The summed E-state index contributed by atoms with van der Waals surface area (Å²) in [5, 5.41) is 12.8. The monoisotopic (exact) mass is 328 g/mol.